The summed E-state index contributed by atoms with van der Waals surface area (Å²) in [5, 5.41) is 8.74. The third-order valence-corrected chi connectivity index (χ3v) is 3.48. The number of benzene rings is 1. The topological polar surface area (TPSA) is 79.5 Å². The number of amides is 2. The van der Waals surface area contributed by atoms with Gasteiger partial charge in [0.05, 0.1) is 12.1 Å². The van der Waals surface area contributed by atoms with E-state index in [2.05, 4.69) is 16.0 Å². The molecule has 1 aromatic carbocycles. The van der Waals surface area contributed by atoms with Crippen LogP contribution in [0.15, 0.2) is 24.3 Å². The van der Waals surface area contributed by atoms with Crippen LogP contribution in [0, 0.1) is 0 Å². The molecular weight excluding hydrogens is 270 g/mol. The molecule has 2 atom stereocenters. The summed E-state index contributed by atoms with van der Waals surface area (Å²) in [6, 6.07) is 7.21. The quantitative estimate of drug-likeness (QED) is 0.744. The van der Waals surface area contributed by atoms with Crippen molar-refractivity contribution in [3.8, 4) is 0 Å². The first-order valence-corrected chi connectivity index (χ1v) is 6.99. The lowest BCUT2D eigenvalue weighted by atomic mass is 10.1. The fourth-order valence-corrected chi connectivity index (χ4v) is 2.30. The molecule has 0 aromatic heterocycles. The van der Waals surface area contributed by atoms with Gasteiger partial charge in [0, 0.05) is 32.8 Å². The standard InChI is InChI=1S/C15H21N3O3/c1-10(19)18-12-5-3-11(4-6-12)8-17-15(20)14-7-13(21-2)9-16-14/h3-6,13-14,16H,7-9H2,1-2H3,(H,17,20)(H,18,19). The molecule has 1 heterocycles. The van der Waals surface area contributed by atoms with Crippen molar-refractivity contribution in [3.63, 3.8) is 0 Å². The van der Waals surface area contributed by atoms with Gasteiger partial charge in [-0.1, -0.05) is 12.1 Å². The molecule has 2 unspecified atom stereocenters. The zero-order chi connectivity index (χ0) is 15.2. The molecule has 1 aliphatic rings. The number of carbonyl (C=O) groups excluding carboxylic acids is 2. The molecule has 0 bridgehead atoms. The molecule has 6 nitrogen and oxygen atoms in total. The lowest BCUT2D eigenvalue weighted by Gasteiger charge is -2.11. The number of hydrogen-bond acceptors (Lipinski definition) is 4. The van der Waals surface area contributed by atoms with Crippen molar-refractivity contribution in [1.29, 1.82) is 0 Å². The van der Waals surface area contributed by atoms with E-state index in [0.717, 1.165) is 11.3 Å². The van der Waals surface area contributed by atoms with Crippen molar-refractivity contribution in [1.82, 2.24) is 10.6 Å². The molecule has 0 radical (unpaired) electrons. The smallest absolute Gasteiger partial charge is 0.237 e. The number of rotatable bonds is 5. The Hall–Kier alpha value is -1.92. The van der Waals surface area contributed by atoms with Crippen LogP contribution < -0.4 is 16.0 Å². The second-order valence-electron chi connectivity index (χ2n) is 5.15. The van der Waals surface area contributed by atoms with Gasteiger partial charge >= 0.3 is 0 Å². The molecule has 2 amide bonds. The third-order valence-electron chi connectivity index (χ3n) is 3.48. The van der Waals surface area contributed by atoms with Crippen LogP contribution in [0.4, 0.5) is 5.69 Å². The first-order valence-electron chi connectivity index (χ1n) is 6.99. The summed E-state index contributed by atoms with van der Waals surface area (Å²) in [4.78, 5) is 22.9. The second-order valence-corrected chi connectivity index (χ2v) is 5.15. The van der Waals surface area contributed by atoms with E-state index >= 15 is 0 Å². The van der Waals surface area contributed by atoms with Gasteiger partial charge in [0.15, 0.2) is 0 Å². The van der Waals surface area contributed by atoms with E-state index in [1.807, 2.05) is 24.3 Å². The minimum absolute atomic E-state index is 0.0134. The van der Waals surface area contributed by atoms with E-state index < -0.39 is 0 Å². The molecule has 114 valence electrons. The molecule has 0 aliphatic carbocycles. The third kappa shape index (κ3) is 4.54. The maximum Gasteiger partial charge on any atom is 0.237 e. The maximum absolute atomic E-state index is 12.0. The summed E-state index contributed by atoms with van der Waals surface area (Å²) in [6.45, 7) is 2.64. The van der Waals surface area contributed by atoms with Gasteiger partial charge in [0.25, 0.3) is 0 Å². The van der Waals surface area contributed by atoms with Gasteiger partial charge in [-0.2, -0.15) is 0 Å². The van der Waals surface area contributed by atoms with Crippen LogP contribution in [0.25, 0.3) is 0 Å². The molecule has 3 N–H and O–H groups in total. The average Bonchev–Trinajstić information content (AvgIpc) is 2.94. The molecule has 0 saturated carbocycles. The number of anilines is 1. The van der Waals surface area contributed by atoms with Gasteiger partial charge in [-0.3, -0.25) is 9.59 Å². The predicted molar refractivity (Wildman–Crippen MR) is 79.8 cm³/mol. The van der Waals surface area contributed by atoms with Gasteiger partial charge < -0.3 is 20.7 Å². The molecule has 1 aliphatic heterocycles. The lowest BCUT2D eigenvalue weighted by Crippen LogP contribution is -2.39. The zero-order valence-corrected chi connectivity index (χ0v) is 12.3. The molecule has 2 rings (SSSR count). The van der Waals surface area contributed by atoms with E-state index in [0.29, 0.717) is 19.5 Å². The Bertz CT molecular complexity index is 501. The van der Waals surface area contributed by atoms with Crippen molar-refractivity contribution >= 4 is 17.5 Å². The Kier molecular flexibility index (Phi) is 5.30. The first kappa shape index (κ1) is 15.5. The summed E-state index contributed by atoms with van der Waals surface area (Å²) in [7, 11) is 1.66. The number of nitrogens with one attached hydrogen (secondary N) is 3. The van der Waals surface area contributed by atoms with E-state index in [1.165, 1.54) is 6.92 Å². The molecule has 21 heavy (non-hydrogen) atoms. The normalized spacial score (nSPS) is 21.0. The first-order chi connectivity index (χ1) is 10.1. The highest BCUT2D eigenvalue weighted by atomic mass is 16.5. The fraction of sp³-hybridized carbons (Fsp3) is 0.467. The molecule has 1 fully saturated rings. The Balaban J connectivity index is 1.80. The van der Waals surface area contributed by atoms with E-state index in [9.17, 15) is 9.59 Å². The van der Waals surface area contributed by atoms with Gasteiger partial charge in [-0.25, -0.2) is 0 Å². The van der Waals surface area contributed by atoms with Crippen LogP contribution in [0.1, 0.15) is 18.9 Å². The Morgan fingerprint density at radius 3 is 2.62 bits per heavy atom. The summed E-state index contributed by atoms with van der Waals surface area (Å²) in [6.07, 6.45) is 0.807. The summed E-state index contributed by atoms with van der Waals surface area (Å²) in [5.74, 6) is -0.114. The molecular formula is C15H21N3O3. The van der Waals surface area contributed by atoms with Crippen molar-refractivity contribution in [2.45, 2.75) is 32.0 Å². The Labute approximate surface area is 124 Å². The van der Waals surface area contributed by atoms with Crippen LogP contribution >= 0.6 is 0 Å². The number of methoxy groups -OCH3 is 1. The number of ether oxygens (including phenoxy) is 1. The monoisotopic (exact) mass is 291 g/mol. The van der Waals surface area contributed by atoms with E-state index in [-0.39, 0.29) is 24.0 Å². The molecule has 6 heteroatoms. The van der Waals surface area contributed by atoms with Gasteiger partial charge in [-0.05, 0) is 24.1 Å². The maximum atomic E-state index is 12.0. The fourth-order valence-electron chi connectivity index (χ4n) is 2.30. The van der Waals surface area contributed by atoms with E-state index in [1.54, 1.807) is 7.11 Å². The SMILES string of the molecule is COC1CNC(C(=O)NCc2ccc(NC(C)=O)cc2)C1. The van der Waals surface area contributed by atoms with Gasteiger partial charge in [0.1, 0.15) is 0 Å². The highest BCUT2D eigenvalue weighted by Crippen LogP contribution is 2.11. The van der Waals surface area contributed by atoms with Crippen LogP contribution in [-0.2, 0) is 20.9 Å². The molecule has 0 spiro atoms. The predicted octanol–water partition coefficient (Wildman–Crippen LogP) is 0.638. The number of carbonyl (C=O) groups is 2. The Morgan fingerprint density at radius 2 is 2.05 bits per heavy atom. The molecule has 1 aromatic rings. The Morgan fingerprint density at radius 1 is 1.33 bits per heavy atom. The van der Waals surface area contributed by atoms with Crippen molar-refractivity contribution in [2.24, 2.45) is 0 Å². The van der Waals surface area contributed by atoms with Gasteiger partial charge in [-0.15, -0.1) is 0 Å². The number of hydrogen-bond donors (Lipinski definition) is 3. The van der Waals surface area contributed by atoms with Crippen LogP contribution in [0.2, 0.25) is 0 Å². The minimum atomic E-state index is -0.186. The summed E-state index contributed by atoms with van der Waals surface area (Å²) < 4.78 is 5.22. The molecule has 1 saturated heterocycles. The average molecular weight is 291 g/mol. The van der Waals surface area contributed by atoms with Gasteiger partial charge in [0.2, 0.25) is 11.8 Å². The lowest BCUT2D eigenvalue weighted by molar-refractivity contribution is -0.123. The van der Waals surface area contributed by atoms with Crippen LogP contribution in [-0.4, -0.2) is 37.6 Å². The largest absolute Gasteiger partial charge is 0.380 e. The summed E-state index contributed by atoms with van der Waals surface area (Å²) >= 11 is 0. The second kappa shape index (κ2) is 7.19. The summed E-state index contributed by atoms with van der Waals surface area (Å²) in [5.41, 5.74) is 1.73. The highest BCUT2D eigenvalue weighted by molar-refractivity contribution is 5.88. The van der Waals surface area contributed by atoms with Crippen LogP contribution in [0.3, 0.4) is 0 Å². The van der Waals surface area contributed by atoms with Crippen molar-refractivity contribution in [3.05, 3.63) is 29.8 Å². The van der Waals surface area contributed by atoms with Crippen molar-refractivity contribution in [2.75, 3.05) is 19.0 Å². The highest BCUT2D eigenvalue weighted by Gasteiger charge is 2.28. The minimum Gasteiger partial charge on any atom is -0.380 e. The van der Waals surface area contributed by atoms with Crippen LogP contribution in [0.5, 0.6) is 0 Å². The van der Waals surface area contributed by atoms with Crippen molar-refractivity contribution < 1.29 is 14.3 Å². The zero-order valence-electron chi connectivity index (χ0n) is 12.3. The van der Waals surface area contributed by atoms with E-state index in [4.69, 9.17) is 4.74 Å².